The molecule has 0 saturated heterocycles. The molecule has 1 aromatic rings. The van der Waals surface area contributed by atoms with Crippen molar-refractivity contribution in [3.63, 3.8) is 0 Å². The van der Waals surface area contributed by atoms with E-state index in [4.69, 9.17) is 10.5 Å². The molecule has 0 radical (unpaired) electrons. The highest BCUT2D eigenvalue weighted by atomic mass is 79.9. The maximum absolute atomic E-state index is 5.76. The summed E-state index contributed by atoms with van der Waals surface area (Å²) < 4.78 is 6.34. The van der Waals surface area contributed by atoms with Gasteiger partial charge in [0.15, 0.2) is 0 Å². The molecule has 0 aliphatic carbocycles. The van der Waals surface area contributed by atoms with Gasteiger partial charge in [0.05, 0.1) is 11.6 Å². The minimum Gasteiger partial charge on any atom is -0.495 e. The lowest BCUT2D eigenvalue weighted by Crippen LogP contribution is -2.18. The van der Waals surface area contributed by atoms with Gasteiger partial charge in [-0.15, -0.1) is 0 Å². The number of nitrogens with two attached hydrogens (primary N) is 1. The van der Waals surface area contributed by atoms with Crippen molar-refractivity contribution in [2.24, 2.45) is 5.73 Å². The van der Waals surface area contributed by atoms with E-state index < -0.39 is 0 Å². The van der Waals surface area contributed by atoms with Crippen molar-refractivity contribution in [2.45, 2.75) is 26.3 Å². The Kier molecular flexibility index (Phi) is 3.96. The van der Waals surface area contributed by atoms with Crippen molar-refractivity contribution in [3.8, 4) is 5.75 Å². The smallest absolute Gasteiger partial charge is 0.136 e. The highest BCUT2D eigenvalue weighted by Crippen LogP contribution is 2.32. The fourth-order valence-corrected chi connectivity index (χ4v) is 2.22. The minimum absolute atomic E-state index is 0.165. The molecule has 1 atom stereocenters. The summed E-state index contributed by atoms with van der Waals surface area (Å²) in [5.74, 6) is 0.906. The van der Waals surface area contributed by atoms with Crippen molar-refractivity contribution in [1.29, 1.82) is 0 Å². The number of aryl methyl sites for hydroxylation is 1. The lowest BCUT2D eigenvalue weighted by atomic mass is 10.1. The first-order chi connectivity index (χ1) is 6.56. The second-order valence-electron chi connectivity index (χ2n) is 3.57. The van der Waals surface area contributed by atoms with Crippen LogP contribution in [0.4, 0.5) is 0 Å². The molecule has 1 aromatic carbocycles. The van der Waals surface area contributed by atoms with Crippen LogP contribution in [0.15, 0.2) is 16.6 Å². The molecule has 2 N–H and O–H groups in total. The largest absolute Gasteiger partial charge is 0.495 e. The third-order valence-electron chi connectivity index (χ3n) is 2.12. The van der Waals surface area contributed by atoms with Crippen molar-refractivity contribution < 1.29 is 4.74 Å². The van der Waals surface area contributed by atoms with Gasteiger partial charge in [0.1, 0.15) is 5.75 Å². The lowest BCUT2D eigenvalue weighted by molar-refractivity contribution is 0.408. The summed E-state index contributed by atoms with van der Waals surface area (Å²) in [5.41, 5.74) is 8.09. The first kappa shape index (κ1) is 11.5. The third kappa shape index (κ3) is 2.49. The number of hydrogen-bond donors (Lipinski definition) is 1. The van der Waals surface area contributed by atoms with E-state index in [1.165, 1.54) is 5.56 Å². The van der Waals surface area contributed by atoms with Gasteiger partial charge in [0.2, 0.25) is 0 Å². The van der Waals surface area contributed by atoms with Gasteiger partial charge in [-0.25, -0.2) is 0 Å². The zero-order valence-electron chi connectivity index (χ0n) is 8.80. The highest BCUT2D eigenvalue weighted by Gasteiger charge is 2.10. The Labute approximate surface area is 93.6 Å². The number of halogens is 1. The molecule has 0 aliphatic rings. The summed E-state index contributed by atoms with van der Waals surface area (Å²) in [7, 11) is 1.68. The highest BCUT2D eigenvalue weighted by molar-refractivity contribution is 9.10. The van der Waals surface area contributed by atoms with Crippen LogP contribution in [-0.2, 0) is 6.42 Å². The summed E-state index contributed by atoms with van der Waals surface area (Å²) in [6.45, 7) is 4.03. The third-order valence-corrected chi connectivity index (χ3v) is 2.99. The molecule has 0 aromatic heterocycles. The Morgan fingerprint density at radius 3 is 2.64 bits per heavy atom. The molecule has 1 unspecified atom stereocenters. The molecule has 1 rings (SSSR count). The molecule has 0 bridgehead atoms. The SMILES string of the molecule is COc1c(C)ccc(CC(C)N)c1Br. The van der Waals surface area contributed by atoms with Crippen LogP contribution in [0.25, 0.3) is 0 Å². The molecular formula is C11H16BrNO. The minimum atomic E-state index is 0.165. The van der Waals surface area contributed by atoms with Crippen LogP contribution in [0.3, 0.4) is 0 Å². The quantitative estimate of drug-likeness (QED) is 0.904. The van der Waals surface area contributed by atoms with Gasteiger partial charge in [0.25, 0.3) is 0 Å². The van der Waals surface area contributed by atoms with E-state index in [2.05, 4.69) is 28.1 Å². The van der Waals surface area contributed by atoms with Crippen LogP contribution in [0, 0.1) is 6.92 Å². The van der Waals surface area contributed by atoms with Crippen molar-refractivity contribution in [3.05, 3.63) is 27.7 Å². The van der Waals surface area contributed by atoms with Gasteiger partial charge < -0.3 is 10.5 Å². The number of ether oxygens (including phenoxy) is 1. The Bertz CT molecular complexity index is 323. The van der Waals surface area contributed by atoms with E-state index in [1.807, 2.05) is 13.8 Å². The molecule has 0 heterocycles. The van der Waals surface area contributed by atoms with Crippen LogP contribution in [0.2, 0.25) is 0 Å². The number of rotatable bonds is 3. The Hall–Kier alpha value is -0.540. The van der Waals surface area contributed by atoms with Crippen molar-refractivity contribution >= 4 is 15.9 Å². The normalized spacial score (nSPS) is 12.6. The molecule has 0 amide bonds. The predicted molar refractivity (Wildman–Crippen MR) is 62.8 cm³/mol. The van der Waals surface area contributed by atoms with E-state index in [9.17, 15) is 0 Å². The fourth-order valence-electron chi connectivity index (χ4n) is 1.45. The first-order valence-corrected chi connectivity index (χ1v) is 5.43. The van der Waals surface area contributed by atoms with Gasteiger partial charge >= 0.3 is 0 Å². The molecule has 78 valence electrons. The second-order valence-corrected chi connectivity index (χ2v) is 4.36. The molecule has 3 heteroatoms. The second kappa shape index (κ2) is 4.80. The summed E-state index contributed by atoms with van der Waals surface area (Å²) in [5, 5.41) is 0. The van der Waals surface area contributed by atoms with Gasteiger partial charge in [-0.3, -0.25) is 0 Å². The average molecular weight is 258 g/mol. The lowest BCUT2D eigenvalue weighted by Gasteiger charge is -2.13. The Morgan fingerprint density at radius 2 is 2.14 bits per heavy atom. The zero-order chi connectivity index (χ0) is 10.7. The summed E-state index contributed by atoms with van der Waals surface area (Å²) in [6, 6.07) is 4.31. The standard InChI is InChI=1S/C11H16BrNO/c1-7-4-5-9(6-8(2)13)10(12)11(7)14-3/h4-5,8H,6,13H2,1-3H3. The van der Waals surface area contributed by atoms with E-state index in [1.54, 1.807) is 7.11 Å². The summed E-state index contributed by atoms with van der Waals surface area (Å²) in [6.07, 6.45) is 0.858. The summed E-state index contributed by atoms with van der Waals surface area (Å²) in [4.78, 5) is 0. The number of methoxy groups -OCH3 is 1. The Balaban J connectivity index is 3.08. The van der Waals surface area contributed by atoms with Crippen molar-refractivity contribution in [2.75, 3.05) is 7.11 Å². The average Bonchev–Trinajstić information content (AvgIpc) is 2.10. The molecule has 0 aliphatic heterocycles. The summed E-state index contributed by atoms with van der Waals surface area (Å²) >= 11 is 3.54. The van der Waals surface area contributed by atoms with E-state index >= 15 is 0 Å². The number of hydrogen-bond acceptors (Lipinski definition) is 2. The predicted octanol–water partition coefficient (Wildman–Crippen LogP) is 2.66. The fraction of sp³-hybridized carbons (Fsp3) is 0.455. The molecule has 0 saturated carbocycles. The van der Waals surface area contributed by atoms with Crippen LogP contribution in [0.5, 0.6) is 5.75 Å². The van der Waals surface area contributed by atoms with Gasteiger partial charge in [-0.2, -0.15) is 0 Å². The molecular weight excluding hydrogens is 242 g/mol. The zero-order valence-corrected chi connectivity index (χ0v) is 10.4. The number of benzene rings is 1. The Morgan fingerprint density at radius 1 is 1.50 bits per heavy atom. The van der Waals surface area contributed by atoms with Crippen LogP contribution in [-0.4, -0.2) is 13.2 Å². The molecule has 0 fully saturated rings. The first-order valence-electron chi connectivity index (χ1n) is 4.63. The van der Waals surface area contributed by atoms with Gasteiger partial charge in [0, 0.05) is 6.04 Å². The van der Waals surface area contributed by atoms with E-state index in [0.29, 0.717) is 0 Å². The maximum Gasteiger partial charge on any atom is 0.136 e. The van der Waals surface area contributed by atoms with Gasteiger partial charge in [-0.1, -0.05) is 12.1 Å². The van der Waals surface area contributed by atoms with E-state index in [0.717, 1.165) is 22.2 Å². The van der Waals surface area contributed by atoms with Crippen molar-refractivity contribution in [1.82, 2.24) is 0 Å². The maximum atomic E-state index is 5.76. The van der Waals surface area contributed by atoms with Crippen LogP contribution >= 0.6 is 15.9 Å². The van der Waals surface area contributed by atoms with Crippen LogP contribution < -0.4 is 10.5 Å². The monoisotopic (exact) mass is 257 g/mol. The molecule has 14 heavy (non-hydrogen) atoms. The van der Waals surface area contributed by atoms with Gasteiger partial charge in [-0.05, 0) is 47.3 Å². The topological polar surface area (TPSA) is 35.2 Å². The molecule has 2 nitrogen and oxygen atoms in total. The van der Waals surface area contributed by atoms with Crippen LogP contribution in [0.1, 0.15) is 18.1 Å². The van der Waals surface area contributed by atoms with E-state index in [-0.39, 0.29) is 6.04 Å². The molecule has 0 spiro atoms.